The van der Waals surface area contributed by atoms with Gasteiger partial charge >= 0.3 is 0 Å². The lowest BCUT2D eigenvalue weighted by molar-refractivity contribution is -0.113. The number of pyridine rings is 1. The van der Waals surface area contributed by atoms with E-state index < -0.39 is 11.3 Å². The molecule has 0 aliphatic carbocycles. The third-order valence-corrected chi connectivity index (χ3v) is 7.02. The van der Waals surface area contributed by atoms with Crippen molar-refractivity contribution in [2.45, 2.75) is 25.9 Å². The van der Waals surface area contributed by atoms with Gasteiger partial charge < -0.3 is 14.6 Å². The summed E-state index contributed by atoms with van der Waals surface area (Å²) in [5, 5.41) is 3.52. The van der Waals surface area contributed by atoms with Crippen LogP contribution in [0.2, 0.25) is 0 Å². The van der Waals surface area contributed by atoms with Gasteiger partial charge in [0, 0.05) is 27.6 Å². The molecule has 0 radical (unpaired) electrons. The van der Waals surface area contributed by atoms with Crippen molar-refractivity contribution >= 4 is 67.4 Å². The minimum atomic E-state index is -2.42. The molecule has 1 atom stereocenters. The van der Waals surface area contributed by atoms with E-state index in [9.17, 15) is 13.6 Å². The van der Waals surface area contributed by atoms with Crippen LogP contribution in [0, 0.1) is 20.8 Å². The van der Waals surface area contributed by atoms with Gasteiger partial charge in [-0.25, -0.2) is 9.97 Å². The summed E-state index contributed by atoms with van der Waals surface area (Å²) in [6.07, 6.45) is 1.74. The molecule has 0 saturated carbocycles. The van der Waals surface area contributed by atoms with Crippen LogP contribution in [0.25, 0.3) is 16.9 Å². The highest BCUT2D eigenvalue weighted by atomic mass is 79.9. The quantitative estimate of drug-likeness (QED) is 0.242. The molecule has 0 aliphatic rings. The number of fused-ring (bicyclic) bond motifs is 1. The van der Waals surface area contributed by atoms with E-state index in [0.29, 0.717) is 21.0 Å². The second kappa shape index (κ2) is 10.3. The number of aromatic nitrogens is 3. The Morgan fingerprint density at radius 1 is 1.18 bits per heavy atom. The van der Waals surface area contributed by atoms with Crippen molar-refractivity contribution in [1.82, 2.24) is 14.5 Å². The molecule has 176 valence electrons. The summed E-state index contributed by atoms with van der Waals surface area (Å²) in [5.74, 6) is -0.0904. The number of nitrogens with one attached hydrogen (secondary N) is 2. The summed E-state index contributed by atoms with van der Waals surface area (Å²) in [6.45, 7) is 6.18. The molecule has 1 amide bonds. The Balaban J connectivity index is 1.58. The lowest BCUT2D eigenvalue weighted by Crippen LogP contribution is -2.15. The molecule has 4 aromatic rings. The number of aryl methyl sites for hydroxylation is 3. The van der Waals surface area contributed by atoms with Crippen LogP contribution in [0.5, 0.6) is 0 Å². The molecule has 0 spiro atoms. The van der Waals surface area contributed by atoms with E-state index in [4.69, 9.17) is 4.98 Å². The van der Waals surface area contributed by atoms with E-state index in [0.717, 1.165) is 28.0 Å². The highest BCUT2D eigenvalue weighted by Crippen LogP contribution is 2.31. The number of hydrogen-bond donors (Lipinski definition) is 2. The van der Waals surface area contributed by atoms with Gasteiger partial charge in [-0.15, -0.1) is 0 Å². The van der Waals surface area contributed by atoms with E-state index >= 15 is 0 Å². The number of anilines is 2. The molecule has 4 rings (SSSR count). The molecule has 2 heterocycles. The van der Waals surface area contributed by atoms with E-state index in [-0.39, 0.29) is 11.7 Å². The van der Waals surface area contributed by atoms with Gasteiger partial charge in [-0.3, -0.25) is 13.6 Å². The summed E-state index contributed by atoms with van der Waals surface area (Å²) in [5.41, 5.74) is 6.81. The lowest BCUT2D eigenvalue weighted by atomic mass is 10.1. The Hall–Kier alpha value is -2.73. The lowest BCUT2D eigenvalue weighted by Gasteiger charge is -2.15. The van der Waals surface area contributed by atoms with Gasteiger partial charge in [0.25, 0.3) is 0 Å². The number of imidazole rings is 1. The molecular formula is C23H21BrN5O3S2-. The average Bonchev–Trinajstić information content (AvgIpc) is 3.11. The summed E-state index contributed by atoms with van der Waals surface area (Å²) in [7, 11) is 0. The Kier molecular flexibility index (Phi) is 7.36. The number of amides is 1. The van der Waals surface area contributed by atoms with Crippen molar-refractivity contribution < 1.29 is 13.6 Å². The van der Waals surface area contributed by atoms with Crippen LogP contribution >= 0.6 is 27.7 Å². The van der Waals surface area contributed by atoms with Crippen molar-refractivity contribution in [2.75, 3.05) is 15.8 Å². The van der Waals surface area contributed by atoms with Gasteiger partial charge in [0.15, 0.2) is 10.8 Å². The standard InChI is InChI=1S/C23H22BrN5O3S2/c1-13-9-14(2)21(15(3)10-13)29-22-19(5-4-8-25-22)27-23(29)33-12-20(30)26-18-7-6-16(11-17(18)24)28-34(31)32/h4-11,28H,12H2,1-3H3,(H,26,30)(H,31,32)/p-1. The second-order valence-electron chi connectivity index (χ2n) is 7.69. The zero-order chi connectivity index (χ0) is 24.4. The maximum absolute atomic E-state index is 12.7. The smallest absolute Gasteiger partial charge is 0.234 e. The summed E-state index contributed by atoms with van der Waals surface area (Å²) in [6, 6.07) is 12.8. The first kappa shape index (κ1) is 24.4. The van der Waals surface area contributed by atoms with Crippen LogP contribution in [0.15, 0.2) is 58.3 Å². The predicted molar refractivity (Wildman–Crippen MR) is 139 cm³/mol. The van der Waals surface area contributed by atoms with Gasteiger partial charge in [0.1, 0.15) is 5.52 Å². The van der Waals surface area contributed by atoms with E-state index in [1.54, 1.807) is 24.4 Å². The normalized spacial score (nSPS) is 12.0. The van der Waals surface area contributed by atoms with Crippen molar-refractivity contribution in [3.05, 3.63) is 69.8 Å². The summed E-state index contributed by atoms with van der Waals surface area (Å²) < 4.78 is 26.5. The molecule has 0 fully saturated rings. The van der Waals surface area contributed by atoms with Gasteiger partial charge in [0.05, 0.1) is 17.1 Å². The van der Waals surface area contributed by atoms with Crippen LogP contribution in [0.1, 0.15) is 16.7 Å². The molecule has 2 aromatic carbocycles. The zero-order valence-corrected chi connectivity index (χ0v) is 21.8. The fourth-order valence-corrected chi connectivity index (χ4v) is 5.41. The number of rotatable bonds is 7. The monoisotopic (exact) mass is 558 g/mol. The van der Waals surface area contributed by atoms with Gasteiger partial charge in [0.2, 0.25) is 5.91 Å². The fourth-order valence-electron chi connectivity index (χ4n) is 3.81. The van der Waals surface area contributed by atoms with Crippen molar-refractivity contribution in [3.63, 3.8) is 0 Å². The topological polar surface area (TPSA) is 112 Å². The highest BCUT2D eigenvalue weighted by molar-refractivity contribution is 9.10. The Morgan fingerprint density at radius 3 is 2.59 bits per heavy atom. The van der Waals surface area contributed by atoms with Crippen LogP contribution in [0.3, 0.4) is 0 Å². The number of benzene rings is 2. The first-order valence-electron chi connectivity index (χ1n) is 10.2. The fraction of sp³-hybridized carbons (Fsp3) is 0.174. The third-order valence-electron chi connectivity index (χ3n) is 5.02. The third kappa shape index (κ3) is 5.33. The molecule has 0 bridgehead atoms. The number of hydrogen-bond acceptors (Lipinski definition) is 6. The molecule has 2 N–H and O–H groups in total. The first-order chi connectivity index (χ1) is 16.2. The number of thioether (sulfide) groups is 1. The van der Waals surface area contributed by atoms with Gasteiger partial charge in [-0.1, -0.05) is 29.5 Å². The van der Waals surface area contributed by atoms with Crippen LogP contribution < -0.4 is 10.0 Å². The van der Waals surface area contributed by atoms with E-state index in [1.807, 2.05) is 16.7 Å². The van der Waals surface area contributed by atoms with Crippen LogP contribution in [0.4, 0.5) is 11.4 Å². The molecule has 11 heteroatoms. The molecule has 34 heavy (non-hydrogen) atoms. The van der Waals surface area contributed by atoms with E-state index in [2.05, 4.69) is 63.9 Å². The average molecular weight is 559 g/mol. The first-order valence-corrected chi connectivity index (χ1v) is 13.1. The van der Waals surface area contributed by atoms with Crippen molar-refractivity contribution in [2.24, 2.45) is 0 Å². The maximum atomic E-state index is 12.7. The van der Waals surface area contributed by atoms with Gasteiger partial charge in [-0.2, -0.15) is 0 Å². The number of carbonyl (C=O) groups excluding carboxylic acids is 1. The summed E-state index contributed by atoms with van der Waals surface area (Å²) >= 11 is 2.26. The van der Waals surface area contributed by atoms with Crippen molar-refractivity contribution in [3.8, 4) is 5.69 Å². The Labute approximate surface area is 212 Å². The molecule has 0 aliphatic heterocycles. The molecule has 2 aromatic heterocycles. The number of nitrogens with zero attached hydrogens (tertiary/aromatic N) is 3. The SMILES string of the molecule is Cc1cc(C)c(-n2c(SCC(=O)Nc3ccc(NS(=O)[O-])cc3Br)nc3cccnc32)c(C)c1. The molecule has 8 nitrogen and oxygen atoms in total. The molecular weight excluding hydrogens is 538 g/mol. The minimum Gasteiger partial charge on any atom is -0.755 e. The second-order valence-corrected chi connectivity index (χ2v) is 10.2. The molecule has 0 saturated heterocycles. The Morgan fingerprint density at radius 2 is 1.91 bits per heavy atom. The Bertz CT molecular complexity index is 1400. The van der Waals surface area contributed by atoms with Crippen LogP contribution in [-0.2, 0) is 16.1 Å². The largest absolute Gasteiger partial charge is 0.755 e. The number of carbonyl (C=O) groups is 1. The minimum absolute atomic E-state index is 0.129. The molecule has 1 unspecified atom stereocenters. The number of halogens is 1. The predicted octanol–water partition coefficient (Wildman–Crippen LogP) is 5.05. The van der Waals surface area contributed by atoms with E-state index in [1.165, 1.54) is 17.3 Å². The van der Waals surface area contributed by atoms with Gasteiger partial charge in [-0.05, 0) is 78.2 Å². The highest BCUT2D eigenvalue weighted by Gasteiger charge is 2.19. The van der Waals surface area contributed by atoms with Crippen LogP contribution in [-0.4, -0.2) is 35.0 Å². The van der Waals surface area contributed by atoms with Crippen molar-refractivity contribution in [1.29, 1.82) is 0 Å². The zero-order valence-electron chi connectivity index (χ0n) is 18.6. The maximum Gasteiger partial charge on any atom is 0.234 e. The summed E-state index contributed by atoms with van der Waals surface area (Å²) in [4.78, 5) is 22.0.